The largest absolute Gasteiger partial charge is 0.481 e. The summed E-state index contributed by atoms with van der Waals surface area (Å²) in [5.41, 5.74) is 3.00. The predicted molar refractivity (Wildman–Crippen MR) is 85.9 cm³/mol. The van der Waals surface area contributed by atoms with Crippen molar-refractivity contribution in [3.8, 4) is 11.5 Å². The van der Waals surface area contributed by atoms with Crippen LogP contribution in [0.25, 0.3) is 0 Å². The Morgan fingerprint density at radius 3 is 2.38 bits per heavy atom. The molecule has 2 rings (SSSR count). The van der Waals surface area contributed by atoms with E-state index >= 15 is 0 Å². The van der Waals surface area contributed by atoms with Gasteiger partial charge in [-0.15, -0.1) is 0 Å². The SMILES string of the molecule is Cc1cccc(OC(=O)COc2c(C)cc(Br)cc2C)c1. The monoisotopic (exact) mass is 348 g/mol. The van der Waals surface area contributed by atoms with E-state index in [4.69, 9.17) is 9.47 Å². The zero-order valence-corrected chi connectivity index (χ0v) is 13.9. The molecule has 0 heterocycles. The minimum atomic E-state index is -0.415. The third-order valence-electron chi connectivity index (χ3n) is 2.98. The van der Waals surface area contributed by atoms with E-state index in [2.05, 4.69) is 15.9 Å². The van der Waals surface area contributed by atoms with Crippen LogP contribution in [-0.2, 0) is 4.79 Å². The summed E-state index contributed by atoms with van der Waals surface area (Å²) in [6.45, 7) is 5.72. The molecule has 21 heavy (non-hydrogen) atoms. The number of hydrogen-bond donors (Lipinski definition) is 0. The van der Waals surface area contributed by atoms with E-state index in [-0.39, 0.29) is 6.61 Å². The maximum atomic E-state index is 11.8. The van der Waals surface area contributed by atoms with Gasteiger partial charge in [0.2, 0.25) is 0 Å². The van der Waals surface area contributed by atoms with E-state index in [1.807, 2.05) is 51.1 Å². The molecule has 0 aliphatic rings. The van der Waals surface area contributed by atoms with Gasteiger partial charge in [-0.1, -0.05) is 28.1 Å². The quantitative estimate of drug-likeness (QED) is 0.608. The first-order valence-electron chi connectivity index (χ1n) is 6.62. The molecule has 4 heteroatoms. The van der Waals surface area contributed by atoms with Crippen LogP contribution >= 0.6 is 15.9 Å². The highest BCUT2D eigenvalue weighted by molar-refractivity contribution is 9.10. The topological polar surface area (TPSA) is 35.5 Å². The number of hydrogen-bond acceptors (Lipinski definition) is 3. The molecule has 0 bridgehead atoms. The number of carbonyl (C=O) groups is 1. The maximum Gasteiger partial charge on any atom is 0.349 e. The first-order valence-corrected chi connectivity index (χ1v) is 7.42. The predicted octanol–water partition coefficient (Wildman–Crippen LogP) is 4.36. The fourth-order valence-electron chi connectivity index (χ4n) is 2.10. The first-order chi connectivity index (χ1) is 9.95. The third-order valence-corrected chi connectivity index (χ3v) is 3.44. The van der Waals surface area contributed by atoms with Crippen LogP contribution in [0.1, 0.15) is 16.7 Å². The van der Waals surface area contributed by atoms with Crippen LogP contribution in [0.5, 0.6) is 11.5 Å². The standard InChI is InChI=1S/C17H17BrO3/c1-11-5-4-6-15(7-11)21-16(19)10-20-17-12(2)8-14(18)9-13(17)3/h4-9H,10H2,1-3H3. The molecule has 110 valence electrons. The van der Waals surface area contributed by atoms with Crippen molar-refractivity contribution in [3.05, 3.63) is 57.6 Å². The van der Waals surface area contributed by atoms with Gasteiger partial charge in [0.05, 0.1) is 0 Å². The summed E-state index contributed by atoms with van der Waals surface area (Å²) in [6, 6.07) is 11.3. The van der Waals surface area contributed by atoms with E-state index in [1.165, 1.54) is 0 Å². The second-order valence-corrected chi connectivity index (χ2v) is 5.86. The lowest BCUT2D eigenvalue weighted by Gasteiger charge is -2.12. The van der Waals surface area contributed by atoms with E-state index in [1.54, 1.807) is 6.07 Å². The van der Waals surface area contributed by atoms with E-state index in [9.17, 15) is 4.79 Å². The molecule has 0 fully saturated rings. The van der Waals surface area contributed by atoms with Gasteiger partial charge < -0.3 is 9.47 Å². The molecule has 0 aliphatic heterocycles. The zero-order valence-electron chi connectivity index (χ0n) is 12.3. The van der Waals surface area contributed by atoms with E-state index < -0.39 is 5.97 Å². The normalized spacial score (nSPS) is 10.3. The molecule has 0 unspecified atom stereocenters. The van der Waals surface area contributed by atoms with Gasteiger partial charge in [0.15, 0.2) is 6.61 Å². The summed E-state index contributed by atoms with van der Waals surface area (Å²) in [7, 11) is 0. The molecule has 2 aromatic carbocycles. The molecule has 0 atom stereocenters. The Hall–Kier alpha value is -1.81. The van der Waals surface area contributed by atoms with Crippen LogP contribution in [0, 0.1) is 20.8 Å². The lowest BCUT2D eigenvalue weighted by atomic mass is 10.1. The molecule has 0 saturated carbocycles. The maximum absolute atomic E-state index is 11.8. The van der Waals surface area contributed by atoms with Crippen LogP contribution in [0.15, 0.2) is 40.9 Å². The molecular formula is C17H17BrO3. The van der Waals surface area contributed by atoms with Crippen molar-refractivity contribution < 1.29 is 14.3 Å². The van der Waals surface area contributed by atoms with Crippen molar-refractivity contribution in [2.75, 3.05) is 6.61 Å². The molecule has 2 aromatic rings. The second-order valence-electron chi connectivity index (χ2n) is 4.95. The van der Waals surface area contributed by atoms with E-state index in [0.29, 0.717) is 5.75 Å². The van der Waals surface area contributed by atoms with Gasteiger partial charge in [0, 0.05) is 4.47 Å². The minimum absolute atomic E-state index is 0.114. The molecule has 0 spiro atoms. The fraction of sp³-hybridized carbons (Fsp3) is 0.235. The van der Waals surface area contributed by atoms with Gasteiger partial charge in [0.25, 0.3) is 0 Å². The highest BCUT2D eigenvalue weighted by atomic mass is 79.9. The van der Waals surface area contributed by atoms with Crippen LogP contribution in [0.2, 0.25) is 0 Å². The summed E-state index contributed by atoms with van der Waals surface area (Å²) < 4.78 is 11.8. The average molecular weight is 349 g/mol. The van der Waals surface area contributed by atoms with Crippen molar-refractivity contribution in [3.63, 3.8) is 0 Å². The summed E-state index contributed by atoms with van der Waals surface area (Å²) in [6.07, 6.45) is 0. The Morgan fingerprint density at radius 1 is 1.10 bits per heavy atom. The average Bonchev–Trinajstić information content (AvgIpc) is 2.37. The fourth-order valence-corrected chi connectivity index (χ4v) is 2.78. The number of esters is 1. The molecular weight excluding hydrogens is 332 g/mol. The number of rotatable bonds is 4. The van der Waals surface area contributed by atoms with Gasteiger partial charge in [-0.3, -0.25) is 0 Å². The van der Waals surface area contributed by atoms with E-state index in [0.717, 1.165) is 26.9 Å². The van der Waals surface area contributed by atoms with Crippen LogP contribution in [0.4, 0.5) is 0 Å². The van der Waals surface area contributed by atoms with Crippen LogP contribution < -0.4 is 9.47 Å². The molecule has 0 radical (unpaired) electrons. The Balaban J connectivity index is 1.99. The summed E-state index contributed by atoms with van der Waals surface area (Å²) in [5, 5.41) is 0. The molecule has 3 nitrogen and oxygen atoms in total. The van der Waals surface area contributed by atoms with Crippen molar-refractivity contribution in [1.82, 2.24) is 0 Å². The van der Waals surface area contributed by atoms with Crippen LogP contribution in [0.3, 0.4) is 0 Å². The first kappa shape index (κ1) is 15.6. The van der Waals surface area contributed by atoms with Crippen molar-refractivity contribution >= 4 is 21.9 Å². The Morgan fingerprint density at radius 2 is 1.76 bits per heavy atom. The van der Waals surface area contributed by atoms with Crippen molar-refractivity contribution in [2.24, 2.45) is 0 Å². The molecule has 0 amide bonds. The number of halogens is 1. The van der Waals surface area contributed by atoms with Gasteiger partial charge in [-0.25, -0.2) is 4.79 Å². The molecule has 0 saturated heterocycles. The van der Waals surface area contributed by atoms with Gasteiger partial charge in [0.1, 0.15) is 11.5 Å². The Kier molecular flexibility index (Phi) is 5.02. The zero-order chi connectivity index (χ0) is 15.4. The van der Waals surface area contributed by atoms with Crippen LogP contribution in [-0.4, -0.2) is 12.6 Å². The number of aryl methyl sites for hydroxylation is 3. The number of benzene rings is 2. The summed E-state index contributed by atoms with van der Waals surface area (Å²) >= 11 is 3.43. The molecule has 0 aromatic heterocycles. The van der Waals surface area contributed by atoms with Gasteiger partial charge >= 0.3 is 5.97 Å². The highest BCUT2D eigenvalue weighted by Gasteiger charge is 2.10. The van der Waals surface area contributed by atoms with Gasteiger partial charge in [-0.05, 0) is 61.7 Å². The third kappa shape index (κ3) is 4.33. The molecule has 0 N–H and O–H groups in total. The highest BCUT2D eigenvalue weighted by Crippen LogP contribution is 2.27. The Labute approximate surface area is 133 Å². The number of ether oxygens (including phenoxy) is 2. The second kappa shape index (κ2) is 6.76. The summed E-state index contributed by atoms with van der Waals surface area (Å²) in [5.74, 6) is 0.842. The number of carbonyl (C=O) groups excluding carboxylic acids is 1. The minimum Gasteiger partial charge on any atom is -0.481 e. The van der Waals surface area contributed by atoms with Crippen molar-refractivity contribution in [1.29, 1.82) is 0 Å². The van der Waals surface area contributed by atoms with Gasteiger partial charge in [-0.2, -0.15) is 0 Å². The lowest BCUT2D eigenvalue weighted by molar-refractivity contribution is -0.136. The Bertz CT molecular complexity index is 642. The summed E-state index contributed by atoms with van der Waals surface area (Å²) in [4.78, 5) is 11.8. The van der Waals surface area contributed by atoms with Crippen molar-refractivity contribution in [2.45, 2.75) is 20.8 Å². The molecule has 0 aliphatic carbocycles. The smallest absolute Gasteiger partial charge is 0.349 e. The lowest BCUT2D eigenvalue weighted by Crippen LogP contribution is -2.18.